The van der Waals surface area contributed by atoms with E-state index in [0.29, 0.717) is 5.92 Å². The van der Waals surface area contributed by atoms with Crippen LogP contribution in [0.1, 0.15) is 56.3 Å². The third kappa shape index (κ3) is 2.70. The van der Waals surface area contributed by atoms with Gasteiger partial charge in [-0.05, 0) is 24.8 Å². The van der Waals surface area contributed by atoms with E-state index in [1.807, 2.05) is 0 Å². The Hall–Kier alpha value is -1.64. The van der Waals surface area contributed by atoms with Crippen molar-refractivity contribution >= 4 is 0 Å². The van der Waals surface area contributed by atoms with Gasteiger partial charge in [0.1, 0.15) is 5.82 Å². The first-order valence-electron chi connectivity index (χ1n) is 7.38. The molecule has 3 heteroatoms. The molecule has 19 heavy (non-hydrogen) atoms. The van der Waals surface area contributed by atoms with Crippen molar-refractivity contribution in [2.45, 2.75) is 51.4 Å². The molecular weight excluding hydrogens is 234 g/mol. The lowest BCUT2D eigenvalue weighted by molar-refractivity contribution is 0.429. The molecule has 0 radical (unpaired) electrons. The van der Waals surface area contributed by atoms with Crippen LogP contribution < -0.4 is 0 Å². The van der Waals surface area contributed by atoms with E-state index >= 15 is 0 Å². The summed E-state index contributed by atoms with van der Waals surface area (Å²) < 4.78 is 0. The predicted octanol–water partition coefficient (Wildman–Crippen LogP) is 4.08. The molecule has 1 aromatic heterocycles. The van der Waals surface area contributed by atoms with Crippen molar-refractivity contribution in [2.24, 2.45) is 0 Å². The van der Waals surface area contributed by atoms with E-state index < -0.39 is 0 Å². The van der Waals surface area contributed by atoms with Crippen LogP contribution in [0.25, 0.3) is 11.4 Å². The van der Waals surface area contributed by atoms with Gasteiger partial charge in [0.25, 0.3) is 0 Å². The summed E-state index contributed by atoms with van der Waals surface area (Å²) >= 11 is 0. The second-order valence-corrected chi connectivity index (χ2v) is 5.43. The topological polar surface area (TPSA) is 41.6 Å². The minimum atomic E-state index is 0.588. The zero-order chi connectivity index (χ0) is 13.1. The molecule has 1 aliphatic rings. The van der Waals surface area contributed by atoms with E-state index in [4.69, 9.17) is 4.98 Å². The Kier molecular flexibility index (Phi) is 3.62. The third-order valence-electron chi connectivity index (χ3n) is 4.11. The van der Waals surface area contributed by atoms with Gasteiger partial charge in [0.15, 0.2) is 5.82 Å². The number of aromatic nitrogens is 3. The molecule has 1 aliphatic carbocycles. The van der Waals surface area contributed by atoms with Gasteiger partial charge in [-0.2, -0.15) is 5.10 Å². The summed E-state index contributed by atoms with van der Waals surface area (Å²) in [4.78, 5) is 4.69. The Bertz CT molecular complexity index is 521. The summed E-state index contributed by atoms with van der Waals surface area (Å²) in [5, 5.41) is 7.52. The van der Waals surface area contributed by atoms with Gasteiger partial charge in [-0.1, -0.05) is 50.5 Å². The first-order valence-corrected chi connectivity index (χ1v) is 7.38. The second-order valence-electron chi connectivity index (χ2n) is 5.43. The van der Waals surface area contributed by atoms with Crippen molar-refractivity contribution in [1.82, 2.24) is 15.2 Å². The summed E-state index contributed by atoms with van der Waals surface area (Å²) in [6, 6.07) is 8.55. The average Bonchev–Trinajstić information content (AvgIpc) is 2.98. The third-order valence-corrected chi connectivity index (χ3v) is 4.11. The molecule has 0 saturated heterocycles. The molecule has 0 unspecified atom stereocenters. The zero-order valence-electron chi connectivity index (χ0n) is 11.5. The molecule has 0 atom stereocenters. The molecule has 1 saturated carbocycles. The normalized spacial score (nSPS) is 16.7. The number of aromatic amines is 1. The van der Waals surface area contributed by atoms with Crippen LogP contribution in [0, 0.1) is 0 Å². The summed E-state index contributed by atoms with van der Waals surface area (Å²) in [5.41, 5.74) is 2.46. The molecule has 3 rings (SSSR count). The lowest BCUT2D eigenvalue weighted by Crippen LogP contribution is -2.06. The fraction of sp³-hybridized carbons (Fsp3) is 0.500. The molecule has 0 bridgehead atoms. The van der Waals surface area contributed by atoms with Crippen LogP contribution in [0.3, 0.4) is 0 Å². The van der Waals surface area contributed by atoms with Gasteiger partial charge in [0, 0.05) is 11.5 Å². The van der Waals surface area contributed by atoms with Crippen molar-refractivity contribution in [2.75, 3.05) is 0 Å². The molecule has 1 heterocycles. The highest BCUT2D eigenvalue weighted by atomic mass is 15.2. The van der Waals surface area contributed by atoms with Gasteiger partial charge in [0.05, 0.1) is 0 Å². The van der Waals surface area contributed by atoms with Gasteiger partial charge >= 0.3 is 0 Å². The number of nitrogens with zero attached hydrogens (tertiary/aromatic N) is 2. The minimum absolute atomic E-state index is 0.588. The van der Waals surface area contributed by atoms with Crippen LogP contribution in [0.4, 0.5) is 0 Å². The quantitative estimate of drug-likeness (QED) is 0.897. The molecule has 2 aromatic rings. The monoisotopic (exact) mass is 255 g/mol. The van der Waals surface area contributed by atoms with E-state index in [-0.39, 0.29) is 0 Å². The van der Waals surface area contributed by atoms with Crippen molar-refractivity contribution < 1.29 is 0 Å². The minimum Gasteiger partial charge on any atom is -0.262 e. The maximum atomic E-state index is 4.69. The van der Waals surface area contributed by atoms with E-state index in [1.54, 1.807) is 0 Å². The van der Waals surface area contributed by atoms with Gasteiger partial charge in [0.2, 0.25) is 0 Å². The van der Waals surface area contributed by atoms with Gasteiger partial charge < -0.3 is 0 Å². The fourth-order valence-electron chi connectivity index (χ4n) is 2.85. The largest absolute Gasteiger partial charge is 0.262 e. The van der Waals surface area contributed by atoms with Crippen LogP contribution in [0.5, 0.6) is 0 Å². The van der Waals surface area contributed by atoms with Crippen molar-refractivity contribution in [3.63, 3.8) is 0 Å². The molecule has 3 nitrogen and oxygen atoms in total. The first kappa shape index (κ1) is 12.4. The Morgan fingerprint density at radius 3 is 2.53 bits per heavy atom. The first-order chi connectivity index (χ1) is 9.36. The van der Waals surface area contributed by atoms with E-state index in [9.17, 15) is 0 Å². The van der Waals surface area contributed by atoms with Crippen LogP contribution >= 0.6 is 0 Å². The summed E-state index contributed by atoms with van der Waals surface area (Å²) in [6.07, 6.45) is 7.60. The summed E-state index contributed by atoms with van der Waals surface area (Å²) in [7, 11) is 0. The molecular formula is C16H21N3. The molecule has 0 spiro atoms. The highest BCUT2D eigenvalue weighted by Crippen LogP contribution is 2.31. The number of nitrogens with one attached hydrogen (secondary N) is 1. The van der Waals surface area contributed by atoms with E-state index in [2.05, 4.69) is 41.4 Å². The SMILES string of the molecule is CCc1ccc(-c2n[nH]c(C3CCCCC3)n2)cc1. The maximum absolute atomic E-state index is 4.69. The maximum Gasteiger partial charge on any atom is 0.181 e. The molecule has 1 aromatic carbocycles. The highest BCUT2D eigenvalue weighted by Gasteiger charge is 2.19. The predicted molar refractivity (Wildman–Crippen MR) is 77.0 cm³/mol. The Balaban J connectivity index is 1.79. The van der Waals surface area contributed by atoms with Crippen LogP contribution in [0.2, 0.25) is 0 Å². The van der Waals surface area contributed by atoms with Crippen molar-refractivity contribution in [3.05, 3.63) is 35.7 Å². The number of benzene rings is 1. The molecule has 1 N–H and O–H groups in total. The van der Waals surface area contributed by atoms with E-state index in [0.717, 1.165) is 23.6 Å². The smallest absolute Gasteiger partial charge is 0.181 e. The molecule has 0 aliphatic heterocycles. The van der Waals surface area contributed by atoms with Crippen molar-refractivity contribution in [1.29, 1.82) is 0 Å². The Labute approximate surface area is 114 Å². The number of hydrogen-bond donors (Lipinski definition) is 1. The van der Waals surface area contributed by atoms with Crippen LogP contribution in [0.15, 0.2) is 24.3 Å². The average molecular weight is 255 g/mol. The van der Waals surface area contributed by atoms with Gasteiger partial charge in [-0.25, -0.2) is 4.98 Å². The molecule has 100 valence electrons. The van der Waals surface area contributed by atoms with Crippen molar-refractivity contribution in [3.8, 4) is 11.4 Å². The summed E-state index contributed by atoms with van der Waals surface area (Å²) in [5.74, 6) is 2.50. The summed E-state index contributed by atoms with van der Waals surface area (Å²) in [6.45, 7) is 2.17. The number of hydrogen-bond acceptors (Lipinski definition) is 2. The lowest BCUT2D eigenvalue weighted by atomic mass is 9.89. The lowest BCUT2D eigenvalue weighted by Gasteiger charge is -2.18. The Morgan fingerprint density at radius 2 is 1.84 bits per heavy atom. The highest BCUT2D eigenvalue weighted by molar-refractivity contribution is 5.55. The Morgan fingerprint density at radius 1 is 1.11 bits per heavy atom. The van der Waals surface area contributed by atoms with Gasteiger partial charge in [-0.3, -0.25) is 5.10 Å². The second kappa shape index (κ2) is 5.55. The number of H-pyrrole nitrogens is 1. The van der Waals surface area contributed by atoms with E-state index in [1.165, 1.54) is 37.7 Å². The zero-order valence-corrected chi connectivity index (χ0v) is 11.5. The standard InChI is InChI=1S/C16H21N3/c1-2-12-8-10-14(11-9-12)16-17-15(18-19-16)13-6-4-3-5-7-13/h8-11,13H,2-7H2,1H3,(H,17,18,19). The number of rotatable bonds is 3. The van der Waals surface area contributed by atoms with Crippen LogP contribution in [-0.4, -0.2) is 15.2 Å². The molecule has 0 amide bonds. The fourth-order valence-corrected chi connectivity index (χ4v) is 2.85. The van der Waals surface area contributed by atoms with Crippen LogP contribution in [-0.2, 0) is 6.42 Å². The van der Waals surface area contributed by atoms with Gasteiger partial charge in [-0.15, -0.1) is 0 Å². The molecule has 1 fully saturated rings. The number of aryl methyl sites for hydroxylation is 1.